The lowest BCUT2D eigenvalue weighted by molar-refractivity contribution is -0.151. The molecule has 3 nitrogen and oxygen atoms in total. The summed E-state index contributed by atoms with van der Waals surface area (Å²) < 4.78 is 5.74. The first kappa shape index (κ1) is 38.4. The van der Waals surface area contributed by atoms with Crippen LogP contribution in [0.15, 0.2) is 0 Å². The highest BCUT2D eigenvalue weighted by Gasteiger charge is 2.17. The summed E-state index contributed by atoms with van der Waals surface area (Å²) in [6.07, 6.45) is 37.5. The fourth-order valence-electron chi connectivity index (χ4n) is 5.63. The second-order valence-electron chi connectivity index (χ2n) is 12.9. The van der Waals surface area contributed by atoms with Gasteiger partial charge in [-0.25, -0.2) is 4.79 Å². The summed E-state index contributed by atoms with van der Waals surface area (Å²) in [7, 11) is 0. The predicted octanol–water partition coefficient (Wildman–Crippen LogP) is 12.4. The van der Waals surface area contributed by atoms with Gasteiger partial charge in [0.15, 0.2) is 6.10 Å². The normalized spacial score (nSPS) is 12.4. The molecule has 39 heavy (non-hydrogen) atoms. The minimum Gasteiger partial charge on any atom is -0.479 e. The summed E-state index contributed by atoms with van der Waals surface area (Å²) in [5.74, 6) is 0.0862. The van der Waals surface area contributed by atoms with Gasteiger partial charge in [-0.1, -0.05) is 194 Å². The van der Waals surface area contributed by atoms with Crippen molar-refractivity contribution in [2.24, 2.45) is 5.92 Å². The van der Waals surface area contributed by atoms with Crippen molar-refractivity contribution in [3.63, 3.8) is 0 Å². The Bertz CT molecular complexity index is 476. The molecule has 0 heterocycles. The van der Waals surface area contributed by atoms with Crippen molar-refractivity contribution in [1.29, 1.82) is 0 Å². The summed E-state index contributed by atoms with van der Waals surface area (Å²) in [6.45, 7) is 7.53. The van der Waals surface area contributed by atoms with Crippen LogP contribution in [0.3, 0.4) is 0 Å². The van der Waals surface area contributed by atoms with Crippen LogP contribution in [0.1, 0.15) is 207 Å². The Morgan fingerprint density at radius 1 is 0.487 bits per heavy atom. The Hall–Kier alpha value is -0.570. The van der Waals surface area contributed by atoms with Gasteiger partial charge in [-0.15, -0.1) is 0 Å². The van der Waals surface area contributed by atoms with Crippen LogP contribution in [0.2, 0.25) is 0 Å². The monoisotopic (exact) mass is 553 g/mol. The van der Waals surface area contributed by atoms with Crippen LogP contribution >= 0.6 is 0 Å². The maximum absolute atomic E-state index is 11.5. The number of hydrogen-bond donors (Lipinski definition) is 1. The van der Waals surface area contributed by atoms with Gasteiger partial charge in [0.25, 0.3) is 0 Å². The standard InChI is InChI=1S/C36H72O3/c1-4-5-6-7-8-9-10-11-14-17-20-23-26-29-32-35(36(37)38)39-33-30-27-24-21-18-15-12-13-16-19-22-25-28-31-34(2)3/h34-35H,4-33H2,1-3H3,(H,37,38). The number of unbranched alkanes of at least 4 members (excludes halogenated alkanes) is 25. The zero-order valence-electron chi connectivity index (χ0n) is 27.1. The highest BCUT2D eigenvalue weighted by Crippen LogP contribution is 2.16. The van der Waals surface area contributed by atoms with Gasteiger partial charge >= 0.3 is 5.97 Å². The Morgan fingerprint density at radius 2 is 0.795 bits per heavy atom. The van der Waals surface area contributed by atoms with Crippen molar-refractivity contribution in [3.8, 4) is 0 Å². The molecule has 0 aromatic heterocycles. The van der Waals surface area contributed by atoms with Crippen molar-refractivity contribution in [3.05, 3.63) is 0 Å². The molecule has 0 spiro atoms. The van der Waals surface area contributed by atoms with E-state index in [9.17, 15) is 9.90 Å². The third-order valence-electron chi connectivity index (χ3n) is 8.34. The lowest BCUT2D eigenvalue weighted by Gasteiger charge is -2.13. The predicted molar refractivity (Wildman–Crippen MR) is 172 cm³/mol. The quantitative estimate of drug-likeness (QED) is 0.0823. The average molecular weight is 553 g/mol. The molecule has 0 aliphatic carbocycles. The Labute approximate surface area is 246 Å². The number of carboxylic acid groups (broad SMARTS) is 1. The Balaban J connectivity index is 3.38. The molecule has 3 heteroatoms. The molecule has 0 rings (SSSR count). The van der Waals surface area contributed by atoms with Crippen LogP contribution in [-0.2, 0) is 9.53 Å². The third-order valence-corrected chi connectivity index (χ3v) is 8.34. The lowest BCUT2D eigenvalue weighted by atomic mass is 10.0. The van der Waals surface area contributed by atoms with E-state index in [-0.39, 0.29) is 0 Å². The molecule has 0 bridgehead atoms. The molecule has 0 aliphatic heterocycles. The van der Waals surface area contributed by atoms with Crippen LogP contribution in [0.25, 0.3) is 0 Å². The first-order valence-electron chi connectivity index (χ1n) is 17.9. The van der Waals surface area contributed by atoms with E-state index >= 15 is 0 Å². The summed E-state index contributed by atoms with van der Waals surface area (Å²) >= 11 is 0. The number of ether oxygens (including phenoxy) is 1. The first-order chi connectivity index (χ1) is 19.1. The molecule has 0 aromatic carbocycles. The van der Waals surface area contributed by atoms with Crippen LogP contribution in [0.4, 0.5) is 0 Å². The van der Waals surface area contributed by atoms with Gasteiger partial charge in [0.05, 0.1) is 0 Å². The minimum absolute atomic E-state index is 0.600. The van der Waals surface area contributed by atoms with E-state index in [1.54, 1.807) is 0 Å². The van der Waals surface area contributed by atoms with Crippen LogP contribution in [0, 0.1) is 5.92 Å². The average Bonchev–Trinajstić information content (AvgIpc) is 2.91. The summed E-state index contributed by atoms with van der Waals surface area (Å²) in [5, 5.41) is 9.49. The van der Waals surface area contributed by atoms with E-state index in [1.165, 1.54) is 161 Å². The molecule has 0 aromatic rings. The first-order valence-corrected chi connectivity index (χ1v) is 17.9. The van der Waals surface area contributed by atoms with E-state index in [0.29, 0.717) is 13.0 Å². The maximum Gasteiger partial charge on any atom is 0.332 e. The summed E-state index contributed by atoms with van der Waals surface area (Å²) in [4.78, 5) is 11.5. The van der Waals surface area contributed by atoms with Gasteiger partial charge in [-0.3, -0.25) is 0 Å². The van der Waals surface area contributed by atoms with Crippen molar-refractivity contribution < 1.29 is 14.6 Å². The van der Waals surface area contributed by atoms with Crippen LogP contribution in [0.5, 0.6) is 0 Å². The SMILES string of the molecule is CCCCCCCCCCCCCCCCC(OCCCCCCCCCCCCCCCC(C)C)C(=O)O. The van der Waals surface area contributed by atoms with Crippen LogP contribution in [-0.4, -0.2) is 23.8 Å². The second kappa shape index (κ2) is 32.0. The largest absolute Gasteiger partial charge is 0.479 e. The molecule has 0 radical (unpaired) electrons. The molecular weight excluding hydrogens is 480 g/mol. The molecule has 0 aliphatic rings. The molecule has 0 saturated heterocycles. The van der Waals surface area contributed by atoms with Gasteiger partial charge in [0.2, 0.25) is 0 Å². The number of aliphatic carboxylic acids is 1. The van der Waals surface area contributed by atoms with Crippen LogP contribution < -0.4 is 0 Å². The zero-order chi connectivity index (χ0) is 28.7. The van der Waals surface area contributed by atoms with E-state index in [1.807, 2.05) is 0 Å². The molecular formula is C36H72O3. The highest BCUT2D eigenvalue weighted by molar-refractivity contribution is 5.72. The molecule has 234 valence electrons. The van der Waals surface area contributed by atoms with Crippen molar-refractivity contribution >= 4 is 5.97 Å². The third kappa shape index (κ3) is 31.8. The van der Waals surface area contributed by atoms with E-state index < -0.39 is 12.1 Å². The molecule has 0 fully saturated rings. The maximum atomic E-state index is 11.5. The van der Waals surface area contributed by atoms with E-state index in [2.05, 4.69) is 20.8 Å². The zero-order valence-corrected chi connectivity index (χ0v) is 27.1. The summed E-state index contributed by atoms with van der Waals surface area (Å²) in [5.41, 5.74) is 0. The molecule has 1 unspecified atom stereocenters. The Kier molecular flexibility index (Phi) is 31.5. The molecule has 0 amide bonds. The number of carbonyl (C=O) groups is 1. The van der Waals surface area contributed by atoms with Gasteiger partial charge in [-0.05, 0) is 18.8 Å². The lowest BCUT2D eigenvalue weighted by Crippen LogP contribution is -2.24. The van der Waals surface area contributed by atoms with E-state index in [0.717, 1.165) is 25.2 Å². The smallest absolute Gasteiger partial charge is 0.332 e. The minimum atomic E-state index is -0.778. The fourth-order valence-corrected chi connectivity index (χ4v) is 5.63. The van der Waals surface area contributed by atoms with E-state index in [4.69, 9.17) is 4.74 Å². The van der Waals surface area contributed by atoms with Crippen molar-refractivity contribution in [2.75, 3.05) is 6.61 Å². The topological polar surface area (TPSA) is 46.5 Å². The molecule has 1 N–H and O–H groups in total. The fraction of sp³-hybridized carbons (Fsp3) is 0.972. The van der Waals surface area contributed by atoms with Crippen molar-refractivity contribution in [2.45, 2.75) is 213 Å². The van der Waals surface area contributed by atoms with Crippen molar-refractivity contribution in [1.82, 2.24) is 0 Å². The van der Waals surface area contributed by atoms with Gasteiger partial charge in [-0.2, -0.15) is 0 Å². The molecule has 0 saturated carbocycles. The Morgan fingerprint density at radius 3 is 1.13 bits per heavy atom. The van der Waals surface area contributed by atoms with Gasteiger partial charge in [0, 0.05) is 6.61 Å². The number of rotatable bonds is 33. The number of hydrogen-bond acceptors (Lipinski definition) is 2. The second-order valence-corrected chi connectivity index (χ2v) is 12.9. The number of carboxylic acids is 1. The summed E-state index contributed by atoms with van der Waals surface area (Å²) in [6, 6.07) is 0. The van der Waals surface area contributed by atoms with Gasteiger partial charge in [0.1, 0.15) is 0 Å². The molecule has 1 atom stereocenters. The highest BCUT2D eigenvalue weighted by atomic mass is 16.5. The van der Waals surface area contributed by atoms with Gasteiger partial charge < -0.3 is 9.84 Å².